The summed E-state index contributed by atoms with van der Waals surface area (Å²) in [6.45, 7) is 6.69. The molecule has 0 bridgehead atoms. The molecule has 1 aromatic carbocycles. The van der Waals surface area contributed by atoms with Crippen molar-refractivity contribution in [3.8, 4) is 5.69 Å². The highest BCUT2D eigenvalue weighted by atomic mass is 32.2. The smallest absolute Gasteiger partial charge is 0.255 e. The Hall–Kier alpha value is -2.49. The number of carbonyl (C=O) groups is 1. The van der Waals surface area contributed by atoms with Crippen molar-refractivity contribution in [2.24, 2.45) is 0 Å². The summed E-state index contributed by atoms with van der Waals surface area (Å²) in [5.74, 6) is -0.249. The number of aromatic nitrogens is 1. The van der Waals surface area contributed by atoms with Gasteiger partial charge in [-0.2, -0.15) is 4.31 Å². The number of nitrogens with one attached hydrogen (secondary N) is 1. The zero-order valence-electron chi connectivity index (χ0n) is 17.3. The lowest BCUT2D eigenvalue weighted by Crippen LogP contribution is -2.51. The standard InChI is InChI=1S/C21H28N4O4S/c1-17(2)30(28,29)24-14-12-23(13-15-24)11-10-22-21(27)18-8-9-20(26)25(16-18)19-6-4-3-5-7-19/h3-9,16-17H,10-15H2,1-2H3,(H,22,27). The van der Waals surface area contributed by atoms with Crippen LogP contribution in [0.1, 0.15) is 24.2 Å². The van der Waals surface area contributed by atoms with Gasteiger partial charge in [0.2, 0.25) is 10.0 Å². The van der Waals surface area contributed by atoms with Gasteiger partial charge < -0.3 is 5.32 Å². The third kappa shape index (κ3) is 5.16. The first-order valence-corrected chi connectivity index (χ1v) is 11.6. The summed E-state index contributed by atoms with van der Waals surface area (Å²) in [7, 11) is -3.21. The van der Waals surface area contributed by atoms with Crippen LogP contribution in [0, 0.1) is 0 Å². The number of hydrogen-bond acceptors (Lipinski definition) is 5. The highest BCUT2D eigenvalue weighted by Crippen LogP contribution is 2.12. The molecule has 30 heavy (non-hydrogen) atoms. The second kappa shape index (κ2) is 9.55. The lowest BCUT2D eigenvalue weighted by atomic mass is 10.2. The first kappa shape index (κ1) is 22.2. The molecule has 0 atom stereocenters. The van der Waals surface area contributed by atoms with Gasteiger partial charge in [0.15, 0.2) is 0 Å². The van der Waals surface area contributed by atoms with Crippen LogP contribution in [-0.2, 0) is 10.0 Å². The number of rotatable bonds is 7. The van der Waals surface area contributed by atoms with Crippen LogP contribution in [0.5, 0.6) is 0 Å². The largest absolute Gasteiger partial charge is 0.351 e. The van der Waals surface area contributed by atoms with Gasteiger partial charge in [0.25, 0.3) is 11.5 Å². The predicted molar refractivity (Wildman–Crippen MR) is 116 cm³/mol. The second-order valence-electron chi connectivity index (χ2n) is 7.55. The molecule has 1 amide bonds. The van der Waals surface area contributed by atoms with Crippen molar-refractivity contribution < 1.29 is 13.2 Å². The van der Waals surface area contributed by atoms with E-state index in [9.17, 15) is 18.0 Å². The van der Waals surface area contributed by atoms with Crippen LogP contribution < -0.4 is 10.9 Å². The molecule has 1 aromatic heterocycles. The monoisotopic (exact) mass is 432 g/mol. The van der Waals surface area contributed by atoms with Crippen LogP contribution in [-0.4, -0.2) is 72.6 Å². The maximum Gasteiger partial charge on any atom is 0.255 e. The number of sulfonamides is 1. The third-order valence-corrected chi connectivity index (χ3v) is 7.48. The Kier molecular flexibility index (Phi) is 7.06. The van der Waals surface area contributed by atoms with Gasteiger partial charge in [0.1, 0.15) is 0 Å². The Morgan fingerprint density at radius 2 is 1.70 bits per heavy atom. The average Bonchev–Trinajstić information content (AvgIpc) is 2.75. The van der Waals surface area contributed by atoms with Crippen LogP contribution in [0.4, 0.5) is 0 Å². The van der Waals surface area contributed by atoms with Gasteiger partial charge >= 0.3 is 0 Å². The van der Waals surface area contributed by atoms with Crippen molar-refractivity contribution in [3.05, 3.63) is 64.6 Å². The fraction of sp³-hybridized carbons (Fsp3) is 0.429. The van der Waals surface area contributed by atoms with Crippen LogP contribution in [0.3, 0.4) is 0 Å². The molecule has 8 nitrogen and oxygen atoms in total. The fourth-order valence-corrected chi connectivity index (χ4v) is 4.62. The maximum atomic E-state index is 12.5. The molecule has 3 rings (SSSR count). The molecule has 0 radical (unpaired) electrons. The molecular formula is C21H28N4O4S. The summed E-state index contributed by atoms with van der Waals surface area (Å²) in [4.78, 5) is 26.8. The van der Waals surface area contributed by atoms with Gasteiger partial charge in [-0.05, 0) is 32.0 Å². The summed E-state index contributed by atoms with van der Waals surface area (Å²) < 4.78 is 27.5. The lowest BCUT2D eigenvalue weighted by molar-refractivity contribution is 0.0944. The molecule has 162 valence electrons. The Labute approximate surface area is 177 Å². The molecule has 1 N–H and O–H groups in total. The van der Waals surface area contributed by atoms with Crippen LogP contribution in [0.15, 0.2) is 53.5 Å². The van der Waals surface area contributed by atoms with Crippen molar-refractivity contribution in [1.29, 1.82) is 0 Å². The zero-order valence-corrected chi connectivity index (χ0v) is 18.1. The minimum Gasteiger partial charge on any atom is -0.351 e. The molecule has 0 saturated carbocycles. The number of para-hydroxylation sites is 1. The molecule has 2 aromatic rings. The van der Waals surface area contributed by atoms with E-state index in [4.69, 9.17) is 0 Å². The van der Waals surface area contributed by atoms with Gasteiger partial charge in [0.05, 0.1) is 10.8 Å². The minimum atomic E-state index is -3.21. The van der Waals surface area contributed by atoms with Crippen molar-refractivity contribution in [3.63, 3.8) is 0 Å². The van der Waals surface area contributed by atoms with E-state index in [1.807, 2.05) is 30.3 Å². The first-order chi connectivity index (χ1) is 14.3. The summed E-state index contributed by atoms with van der Waals surface area (Å²) in [6, 6.07) is 12.1. The molecule has 0 spiro atoms. The number of pyridine rings is 1. The SMILES string of the molecule is CC(C)S(=O)(=O)N1CCN(CCNC(=O)c2ccc(=O)n(-c3ccccc3)c2)CC1. The first-order valence-electron chi connectivity index (χ1n) is 10.1. The topological polar surface area (TPSA) is 91.7 Å². The van der Waals surface area contributed by atoms with Gasteiger partial charge in [0, 0.05) is 57.2 Å². The maximum absolute atomic E-state index is 12.5. The van der Waals surface area contributed by atoms with E-state index < -0.39 is 15.3 Å². The summed E-state index contributed by atoms with van der Waals surface area (Å²) in [5, 5.41) is 2.46. The van der Waals surface area contributed by atoms with Crippen molar-refractivity contribution in [2.75, 3.05) is 39.3 Å². The number of benzene rings is 1. The Morgan fingerprint density at radius 1 is 1.03 bits per heavy atom. The van der Waals surface area contributed by atoms with Crippen LogP contribution >= 0.6 is 0 Å². The molecule has 1 aliphatic heterocycles. The molecule has 2 heterocycles. The number of nitrogens with zero attached hydrogens (tertiary/aromatic N) is 3. The van der Waals surface area contributed by atoms with Gasteiger partial charge in [-0.1, -0.05) is 18.2 Å². The molecule has 1 aliphatic rings. The van der Waals surface area contributed by atoms with Crippen LogP contribution in [0.25, 0.3) is 5.69 Å². The van der Waals surface area contributed by atoms with E-state index in [1.54, 1.807) is 24.3 Å². The van der Waals surface area contributed by atoms with Gasteiger partial charge in [-0.25, -0.2) is 8.42 Å². The summed E-state index contributed by atoms with van der Waals surface area (Å²) in [6.07, 6.45) is 1.54. The molecule has 0 aliphatic carbocycles. The Morgan fingerprint density at radius 3 is 2.33 bits per heavy atom. The second-order valence-corrected chi connectivity index (χ2v) is 10.0. The normalized spacial score (nSPS) is 16.0. The van der Waals surface area contributed by atoms with Crippen LogP contribution in [0.2, 0.25) is 0 Å². The molecule has 1 saturated heterocycles. The highest BCUT2D eigenvalue weighted by molar-refractivity contribution is 7.89. The summed E-state index contributed by atoms with van der Waals surface area (Å²) in [5.41, 5.74) is 0.907. The van der Waals surface area contributed by atoms with E-state index in [-0.39, 0.29) is 11.5 Å². The number of amides is 1. The highest BCUT2D eigenvalue weighted by Gasteiger charge is 2.29. The number of carbonyl (C=O) groups excluding carboxylic acids is 1. The van der Waals surface area contributed by atoms with Crippen molar-refractivity contribution in [2.45, 2.75) is 19.1 Å². The average molecular weight is 433 g/mol. The number of hydrogen-bond donors (Lipinski definition) is 1. The van der Waals surface area contributed by atoms with Gasteiger partial charge in [-0.3, -0.25) is 19.1 Å². The zero-order chi connectivity index (χ0) is 21.7. The Bertz CT molecular complexity index is 1030. The lowest BCUT2D eigenvalue weighted by Gasteiger charge is -2.34. The number of piperazine rings is 1. The summed E-state index contributed by atoms with van der Waals surface area (Å²) >= 11 is 0. The van der Waals surface area contributed by atoms with E-state index in [0.717, 1.165) is 0 Å². The predicted octanol–water partition coefficient (Wildman–Crippen LogP) is 0.923. The van der Waals surface area contributed by atoms with Crippen molar-refractivity contribution in [1.82, 2.24) is 19.1 Å². The van der Waals surface area contributed by atoms with Gasteiger partial charge in [-0.15, -0.1) is 0 Å². The molecule has 9 heteroatoms. The van der Waals surface area contributed by atoms with E-state index in [0.29, 0.717) is 50.5 Å². The van der Waals surface area contributed by atoms with E-state index in [2.05, 4.69) is 10.2 Å². The van der Waals surface area contributed by atoms with E-state index >= 15 is 0 Å². The third-order valence-electron chi connectivity index (χ3n) is 5.21. The Balaban J connectivity index is 1.52. The fourth-order valence-electron chi connectivity index (χ4n) is 3.35. The quantitative estimate of drug-likeness (QED) is 0.703. The minimum absolute atomic E-state index is 0.202. The molecular weight excluding hydrogens is 404 g/mol. The van der Waals surface area contributed by atoms with Crippen molar-refractivity contribution >= 4 is 15.9 Å². The van der Waals surface area contributed by atoms with E-state index in [1.165, 1.54) is 16.7 Å². The molecule has 0 unspecified atom stereocenters. The molecule has 1 fully saturated rings.